The monoisotopic (exact) mass is 141 g/mol. The molecule has 0 aliphatic carbocycles. The van der Waals surface area contributed by atoms with Gasteiger partial charge in [-0.3, -0.25) is 0 Å². The lowest BCUT2D eigenvalue weighted by Crippen LogP contribution is -2.15. The normalized spacial score (nSPS) is 12.7. The zero-order chi connectivity index (χ0) is 7.98. The third kappa shape index (κ3) is 5.83. The average molecular weight is 141 g/mol. The maximum atomic E-state index is 3.29. The molecule has 1 N–H and O–H groups in total. The Morgan fingerprint density at radius 3 is 2.50 bits per heavy atom. The second-order valence-electron chi connectivity index (χ2n) is 3.04. The van der Waals surface area contributed by atoms with E-state index in [0.29, 0.717) is 5.92 Å². The summed E-state index contributed by atoms with van der Waals surface area (Å²) in [4.78, 5) is 0. The minimum atomic E-state index is 0.679. The van der Waals surface area contributed by atoms with Gasteiger partial charge in [0, 0.05) is 6.54 Å². The van der Waals surface area contributed by atoms with Crippen LogP contribution in [-0.2, 0) is 0 Å². The molecule has 1 heteroatoms. The molecule has 60 valence electrons. The Balaban J connectivity index is 3.49. The van der Waals surface area contributed by atoms with Crippen molar-refractivity contribution in [3.8, 4) is 0 Å². The Hall–Kier alpha value is -0.300. The highest BCUT2D eigenvalue weighted by atomic mass is 14.8. The highest BCUT2D eigenvalue weighted by Crippen LogP contribution is 1.99. The maximum absolute atomic E-state index is 3.29. The number of likely N-dealkylation sites (N-methyl/N-ethyl adjacent to an activating group) is 1. The molecule has 0 fully saturated rings. The molecule has 0 unspecified atom stereocenters. The molecule has 0 saturated heterocycles. The van der Waals surface area contributed by atoms with Crippen LogP contribution in [0, 0.1) is 5.92 Å². The summed E-state index contributed by atoms with van der Waals surface area (Å²) < 4.78 is 0. The molecule has 10 heavy (non-hydrogen) atoms. The lowest BCUT2D eigenvalue weighted by molar-refractivity contribution is 0.754. The topological polar surface area (TPSA) is 12.0 Å². The molecule has 0 saturated carbocycles. The van der Waals surface area contributed by atoms with Crippen molar-refractivity contribution in [2.75, 3.05) is 13.1 Å². The Morgan fingerprint density at radius 1 is 1.50 bits per heavy atom. The van der Waals surface area contributed by atoms with Crippen molar-refractivity contribution < 1.29 is 0 Å². The van der Waals surface area contributed by atoms with Crippen molar-refractivity contribution in [3.05, 3.63) is 11.6 Å². The lowest BCUT2D eigenvalue weighted by atomic mass is 10.1. The fourth-order valence-electron chi connectivity index (χ4n) is 0.950. The molecular weight excluding hydrogens is 122 g/mol. The van der Waals surface area contributed by atoms with Crippen molar-refractivity contribution in [3.63, 3.8) is 0 Å². The maximum Gasteiger partial charge on any atom is 0.0161 e. The Kier molecular flexibility index (Phi) is 5.32. The van der Waals surface area contributed by atoms with E-state index in [4.69, 9.17) is 0 Å². The van der Waals surface area contributed by atoms with Gasteiger partial charge < -0.3 is 5.32 Å². The first kappa shape index (κ1) is 9.70. The number of nitrogens with one attached hydrogen (secondary N) is 1. The van der Waals surface area contributed by atoms with E-state index in [1.54, 1.807) is 0 Å². The van der Waals surface area contributed by atoms with Gasteiger partial charge in [0.15, 0.2) is 0 Å². The van der Waals surface area contributed by atoms with Crippen LogP contribution in [0.5, 0.6) is 0 Å². The van der Waals surface area contributed by atoms with Gasteiger partial charge in [-0.05, 0) is 19.4 Å². The van der Waals surface area contributed by atoms with Crippen molar-refractivity contribution in [1.29, 1.82) is 0 Å². The quantitative estimate of drug-likeness (QED) is 0.592. The summed E-state index contributed by atoms with van der Waals surface area (Å²) in [6.45, 7) is 10.8. The molecule has 0 bridgehead atoms. The van der Waals surface area contributed by atoms with Gasteiger partial charge >= 0.3 is 0 Å². The summed E-state index contributed by atoms with van der Waals surface area (Å²) in [5, 5.41) is 3.29. The Bertz CT molecular complexity index is 103. The van der Waals surface area contributed by atoms with E-state index >= 15 is 0 Å². The van der Waals surface area contributed by atoms with Crippen molar-refractivity contribution in [2.24, 2.45) is 5.92 Å². The molecule has 0 spiro atoms. The first-order valence-corrected chi connectivity index (χ1v) is 4.04. The zero-order valence-electron chi connectivity index (χ0n) is 7.57. The number of allylic oxidation sites excluding steroid dienone is 1. The second-order valence-corrected chi connectivity index (χ2v) is 3.04. The second kappa shape index (κ2) is 5.48. The van der Waals surface area contributed by atoms with Gasteiger partial charge in [0.05, 0.1) is 0 Å². The largest absolute Gasteiger partial charge is 0.313 e. The molecule has 0 rings (SSSR count). The van der Waals surface area contributed by atoms with Crippen LogP contribution in [0.25, 0.3) is 0 Å². The van der Waals surface area contributed by atoms with Gasteiger partial charge in [0.1, 0.15) is 0 Å². The Morgan fingerprint density at radius 2 is 2.10 bits per heavy atom. The fourth-order valence-corrected chi connectivity index (χ4v) is 0.950. The Labute approximate surface area is 64.5 Å². The predicted molar refractivity (Wildman–Crippen MR) is 47.1 cm³/mol. The van der Waals surface area contributed by atoms with Gasteiger partial charge in [-0.15, -0.1) is 0 Å². The van der Waals surface area contributed by atoms with Crippen molar-refractivity contribution in [1.82, 2.24) is 5.32 Å². The van der Waals surface area contributed by atoms with Gasteiger partial charge in [-0.1, -0.05) is 32.4 Å². The first-order valence-electron chi connectivity index (χ1n) is 4.04. The average Bonchev–Trinajstić information content (AvgIpc) is 1.82. The summed E-state index contributed by atoms with van der Waals surface area (Å²) in [5.74, 6) is 0.679. The molecule has 0 amide bonds. The summed E-state index contributed by atoms with van der Waals surface area (Å²) in [6.07, 6.45) is 2.29. The summed E-state index contributed by atoms with van der Waals surface area (Å²) in [5.41, 5.74) is 1.44. The van der Waals surface area contributed by atoms with Crippen LogP contribution in [-0.4, -0.2) is 13.1 Å². The van der Waals surface area contributed by atoms with Gasteiger partial charge in [-0.25, -0.2) is 0 Å². The molecule has 0 aromatic carbocycles. The molecule has 0 aliphatic heterocycles. The highest BCUT2D eigenvalue weighted by molar-refractivity contribution is 5.01. The SMILES string of the molecule is CCNCC(C)=CC(C)C. The highest BCUT2D eigenvalue weighted by Gasteiger charge is 1.89. The van der Waals surface area contributed by atoms with Crippen LogP contribution in [0.15, 0.2) is 11.6 Å². The summed E-state index contributed by atoms with van der Waals surface area (Å²) in [6, 6.07) is 0. The molecule has 0 aromatic heterocycles. The van der Waals surface area contributed by atoms with E-state index in [9.17, 15) is 0 Å². The molecule has 1 nitrogen and oxygen atoms in total. The first-order chi connectivity index (χ1) is 4.66. The standard InChI is InChI=1S/C9H19N/c1-5-10-7-9(4)6-8(2)3/h6,8,10H,5,7H2,1-4H3. The van der Waals surface area contributed by atoms with Crippen LogP contribution < -0.4 is 5.32 Å². The van der Waals surface area contributed by atoms with E-state index in [-0.39, 0.29) is 0 Å². The third-order valence-corrected chi connectivity index (χ3v) is 1.27. The van der Waals surface area contributed by atoms with Crippen LogP contribution in [0.3, 0.4) is 0 Å². The van der Waals surface area contributed by atoms with Crippen molar-refractivity contribution in [2.45, 2.75) is 27.7 Å². The number of hydrogen-bond donors (Lipinski definition) is 1. The lowest BCUT2D eigenvalue weighted by Gasteiger charge is -2.02. The van der Waals surface area contributed by atoms with E-state index < -0.39 is 0 Å². The number of hydrogen-bond acceptors (Lipinski definition) is 1. The molecule has 0 atom stereocenters. The van der Waals surface area contributed by atoms with E-state index in [0.717, 1.165) is 13.1 Å². The third-order valence-electron chi connectivity index (χ3n) is 1.27. The molecule has 0 aliphatic rings. The van der Waals surface area contributed by atoms with Gasteiger partial charge in [-0.2, -0.15) is 0 Å². The van der Waals surface area contributed by atoms with E-state index in [2.05, 4.69) is 39.1 Å². The summed E-state index contributed by atoms with van der Waals surface area (Å²) >= 11 is 0. The zero-order valence-corrected chi connectivity index (χ0v) is 7.57. The van der Waals surface area contributed by atoms with Gasteiger partial charge in [0.2, 0.25) is 0 Å². The van der Waals surface area contributed by atoms with Gasteiger partial charge in [0.25, 0.3) is 0 Å². The molecule has 0 aromatic rings. The minimum Gasteiger partial charge on any atom is -0.313 e. The summed E-state index contributed by atoms with van der Waals surface area (Å²) in [7, 11) is 0. The minimum absolute atomic E-state index is 0.679. The fraction of sp³-hybridized carbons (Fsp3) is 0.778. The van der Waals surface area contributed by atoms with E-state index in [1.165, 1.54) is 5.57 Å². The molecule has 0 radical (unpaired) electrons. The van der Waals surface area contributed by atoms with Crippen LogP contribution in [0.4, 0.5) is 0 Å². The van der Waals surface area contributed by atoms with Crippen LogP contribution in [0.2, 0.25) is 0 Å². The molecular formula is C9H19N. The van der Waals surface area contributed by atoms with Crippen molar-refractivity contribution >= 4 is 0 Å². The van der Waals surface area contributed by atoms with E-state index in [1.807, 2.05) is 0 Å². The predicted octanol–water partition coefficient (Wildman–Crippen LogP) is 2.20. The van der Waals surface area contributed by atoms with Crippen LogP contribution in [0.1, 0.15) is 27.7 Å². The molecule has 0 heterocycles. The smallest absolute Gasteiger partial charge is 0.0161 e. The number of rotatable bonds is 4. The van der Waals surface area contributed by atoms with Crippen LogP contribution >= 0.6 is 0 Å².